The number of ether oxygens (including phenoxy) is 2. The third kappa shape index (κ3) is 5.88. The number of carbonyl (C=O) groups excluding carboxylic acids is 1. The summed E-state index contributed by atoms with van der Waals surface area (Å²) in [5.74, 6) is 0.542. The number of hydrogen-bond donors (Lipinski definition) is 0. The minimum Gasteiger partial charge on any atom is -0.497 e. The lowest BCUT2D eigenvalue weighted by Crippen LogP contribution is -2.35. The third-order valence-corrected chi connectivity index (χ3v) is 4.70. The van der Waals surface area contributed by atoms with Gasteiger partial charge in [-0.15, -0.1) is 0 Å². The van der Waals surface area contributed by atoms with Gasteiger partial charge in [-0.05, 0) is 38.5 Å². The Balaban J connectivity index is 2.18. The predicted octanol–water partition coefficient (Wildman–Crippen LogP) is 2.62. The molecule has 2 rings (SSSR count). The Bertz CT molecular complexity index is 723. The van der Waals surface area contributed by atoms with Crippen LogP contribution in [0, 0.1) is 5.92 Å². The van der Waals surface area contributed by atoms with Crippen LogP contribution < -0.4 is 4.74 Å². The Labute approximate surface area is 155 Å². The monoisotopic (exact) mass is 385 g/mol. The molecule has 0 aliphatic carbocycles. The lowest BCUT2D eigenvalue weighted by molar-refractivity contribution is 0.0284. The SMILES string of the molecule is COc1ccc([C@H]2CN(C(=O)OC(C)(C)C)C[C@H]2COS(C)(=O)=O)cc1. The second-order valence-corrected chi connectivity index (χ2v) is 9.16. The molecule has 26 heavy (non-hydrogen) atoms. The van der Waals surface area contributed by atoms with Crippen LogP contribution in [0.2, 0.25) is 0 Å². The van der Waals surface area contributed by atoms with Crippen LogP contribution in [0.4, 0.5) is 4.79 Å². The average Bonchev–Trinajstić information content (AvgIpc) is 2.95. The summed E-state index contributed by atoms with van der Waals surface area (Å²) >= 11 is 0. The molecule has 0 unspecified atom stereocenters. The first-order valence-corrected chi connectivity index (χ1v) is 10.3. The largest absolute Gasteiger partial charge is 0.497 e. The molecule has 0 aromatic heterocycles. The summed E-state index contributed by atoms with van der Waals surface area (Å²) < 4.78 is 38.4. The number of nitrogens with zero attached hydrogens (tertiary/aromatic N) is 1. The molecular weight excluding hydrogens is 358 g/mol. The molecule has 0 N–H and O–H groups in total. The Morgan fingerprint density at radius 1 is 1.19 bits per heavy atom. The molecule has 8 heteroatoms. The summed E-state index contributed by atoms with van der Waals surface area (Å²) in [5, 5.41) is 0. The first kappa shape index (κ1) is 20.5. The van der Waals surface area contributed by atoms with Crippen LogP contribution >= 0.6 is 0 Å². The predicted molar refractivity (Wildman–Crippen MR) is 97.8 cm³/mol. The highest BCUT2D eigenvalue weighted by Gasteiger charge is 2.38. The highest BCUT2D eigenvalue weighted by Crippen LogP contribution is 2.34. The van der Waals surface area contributed by atoms with E-state index in [-0.39, 0.29) is 18.4 Å². The molecule has 0 radical (unpaired) electrons. The number of methoxy groups -OCH3 is 1. The summed E-state index contributed by atoms with van der Waals surface area (Å²) in [6.07, 6.45) is 0.619. The van der Waals surface area contributed by atoms with E-state index in [0.717, 1.165) is 17.6 Å². The van der Waals surface area contributed by atoms with E-state index < -0.39 is 21.8 Å². The summed E-state index contributed by atoms with van der Waals surface area (Å²) in [6.45, 7) is 6.28. The van der Waals surface area contributed by atoms with Crippen molar-refractivity contribution in [1.29, 1.82) is 0 Å². The van der Waals surface area contributed by atoms with Gasteiger partial charge in [0.1, 0.15) is 11.4 Å². The average molecular weight is 385 g/mol. The fourth-order valence-electron chi connectivity index (χ4n) is 2.96. The quantitative estimate of drug-likeness (QED) is 0.725. The van der Waals surface area contributed by atoms with E-state index in [0.29, 0.717) is 13.1 Å². The van der Waals surface area contributed by atoms with Gasteiger partial charge in [-0.25, -0.2) is 4.79 Å². The fourth-order valence-corrected chi connectivity index (χ4v) is 3.38. The molecule has 1 amide bonds. The molecular formula is C18H27NO6S. The first-order chi connectivity index (χ1) is 12.0. The Morgan fingerprint density at radius 2 is 1.81 bits per heavy atom. The molecule has 0 saturated carbocycles. The van der Waals surface area contributed by atoms with Crippen molar-refractivity contribution in [3.63, 3.8) is 0 Å². The van der Waals surface area contributed by atoms with Gasteiger partial charge in [0, 0.05) is 24.9 Å². The van der Waals surface area contributed by atoms with Gasteiger partial charge >= 0.3 is 6.09 Å². The molecule has 1 heterocycles. The lowest BCUT2D eigenvalue weighted by atomic mass is 9.89. The van der Waals surface area contributed by atoms with Crippen molar-refractivity contribution in [1.82, 2.24) is 4.90 Å². The number of carbonyl (C=O) groups is 1. The molecule has 1 saturated heterocycles. The minimum atomic E-state index is -3.55. The van der Waals surface area contributed by atoms with Gasteiger partial charge in [0.2, 0.25) is 0 Å². The Kier molecular flexibility index (Phi) is 6.18. The van der Waals surface area contributed by atoms with Crippen LogP contribution in [0.15, 0.2) is 24.3 Å². The van der Waals surface area contributed by atoms with Crippen LogP contribution in [-0.2, 0) is 19.0 Å². The smallest absolute Gasteiger partial charge is 0.410 e. The normalized spacial score (nSPS) is 20.9. The molecule has 1 aromatic carbocycles. The minimum absolute atomic E-state index is 0.0226. The molecule has 146 valence electrons. The van der Waals surface area contributed by atoms with Gasteiger partial charge < -0.3 is 14.4 Å². The summed E-state index contributed by atoms with van der Waals surface area (Å²) in [6, 6.07) is 7.55. The van der Waals surface area contributed by atoms with Crippen molar-refractivity contribution in [2.45, 2.75) is 32.3 Å². The third-order valence-electron chi connectivity index (χ3n) is 4.13. The van der Waals surface area contributed by atoms with Gasteiger partial charge in [-0.2, -0.15) is 8.42 Å². The molecule has 7 nitrogen and oxygen atoms in total. The van der Waals surface area contributed by atoms with Crippen molar-refractivity contribution in [2.75, 3.05) is 33.1 Å². The molecule has 0 bridgehead atoms. The molecule has 1 aliphatic rings. The summed E-state index contributed by atoms with van der Waals surface area (Å²) in [4.78, 5) is 14.0. The van der Waals surface area contributed by atoms with E-state index >= 15 is 0 Å². The van der Waals surface area contributed by atoms with Gasteiger partial charge in [0.15, 0.2) is 0 Å². The Morgan fingerprint density at radius 3 is 2.31 bits per heavy atom. The van der Waals surface area contributed by atoms with Crippen molar-refractivity contribution >= 4 is 16.2 Å². The van der Waals surface area contributed by atoms with Crippen LogP contribution in [0.5, 0.6) is 5.75 Å². The fraction of sp³-hybridized carbons (Fsp3) is 0.611. The summed E-state index contributed by atoms with van der Waals surface area (Å²) in [7, 11) is -1.95. The van der Waals surface area contributed by atoms with Gasteiger partial charge in [0.05, 0.1) is 20.0 Å². The number of rotatable bonds is 5. The van der Waals surface area contributed by atoms with E-state index in [1.165, 1.54) is 0 Å². The number of hydrogen-bond acceptors (Lipinski definition) is 6. The highest BCUT2D eigenvalue weighted by atomic mass is 32.2. The molecule has 1 aromatic rings. The second-order valence-electron chi connectivity index (χ2n) is 7.51. The Hall–Kier alpha value is -1.80. The first-order valence-electron chi connectivity index (χ1n) is 8.45. The lowest BCUT2D eigenvalue weighted by Gasteiger charge is -2.24. The van der Waals surface area contributed by atoms with Crippen LogP contribution in [0.25, 0.3) is 0 Å². The molecule has 1 fully saturated rings. The van der Waals surface area contributed by atoms with Gasteiger partial charge in [-0.3, -0.25) is 4.18 Å². The number of likely N-dealkylation sites (tertiary alicyclic amines) is 1. The van der Waals surface area contributed by atoms with Crippen LogP contribution in [0.3, 0.4) is 0 Å². The molecule has 0 spiro atoms. The zero-order chi connectivity index (χ0) is 19.5. The second kappa shape index (κ2) is 7.84. The standard InChI is InChI=1S/C18H27NO6S/c1-18(2,3)25-17(20)19-10-14(12-24-26(5,21)22)16(11-19)13-6-8-15(23-4)9-7-13/h6-9,14,16H,10-12H2,1-5H3/t14-,16+/m0/s1. The van der Waals surface area contributed by atoms with Gasteiger partial charge in [-0.1, -0.05) is 12.1 Å². The van der Waals surface area contributed by atoms with E-state index in [1.807, 2.05) is 45.0 Å². The van der Waals surface area contributed by atoms with Crippen LogP contribution in [-0.4, -0.2) is 58.1 Å². The highest BCUT2D eigenvalue weighted by molar-refractivity contribution is 7.85. The van der Waals surface area contributed by atoms with Crippen LogP contribution in [0.1, 0.15) is 32.3 Å². The van der Waals surface area contributed by atoms with E-state index in [4.69, 9.17) is 13.7 Å². The molecule has 1 aliphatic heterocycles. The molecule has 2 atom stereocenters. The van der Waals surface area contributed by atoms with E-state index in [9.17, 15) is 13.2 Å². The van der Waals surface area contributed by atoms with E-state index in [2.05, 4.69) is 0 Å². The summed E-state index contributed by atoms with van der Waals surface area (Å²) in [5.41, 5.74) is 0.410. The van der Waals surface area contributed by atoms with Crippen molar-refractivity contribution in [3.8, 4) is 5.75 Å². The maximum Gasteiger partial charge on any atom is 0.410 e. The van der Waals surface area contributed by atoms with Crippen molar-refractivity contribution in [2.24, 2.45) is 5.92 Å². The zero-order valence-corrected chi connectivity index (χ0v) is 16.7. The number of benzene rings is 1. The maximum atomic E-state index is 12.4. The van der Waals surface area contributed by atoms with E-state index in [1.54, 1.807) is 12.0 Å². The topological polar surface area (TPSA) is 82.1 Å². The van der Waals surface area contributed by atoms with Gasteiger partial charge in [0.25, 0.3) is 10.1 Å². The van der Waals surface area contributed by atoms with Crippen molar-refractivity contribution < 1.29 is 26.9 Å². The number of amides is 1. The zero-order valence-electron chi connectivity index (χ0n) is 15.9. The van der Waals surface area contributed by atoms with Crippen molar-refractivity contribution in [3.05, 3.63) is 29.8 Å². The maximum absolute atomic E-state index is 12.4.